The Bertz CT molecular complexity index is 941. The van der Waals surface area contributed by atoms with Gasteiger partial charge in [-0.05, 0) is 61.7 Å². The van der Waals surface area contributed by atoms with Crippen molar-refractivity contribution >= 4 is 23.3 Å². The molecule has 9 heteroatoms. The predicted octanol–water partition coefficient (Wildman–Crippen LogP) is 4.17. The third-order valence-corrected chi connectivity index (χ3v) is 4.84. The summed E-state index contributed by atoms with van der Waals surface area (Å²) < 4.78 is 47.9. The van der Waals surface area contributed by atoms with E-state index in [1.165, 1.54) is 25.0 Å². The average molecular weight is 436 g/mol. The topological polar surface area (TPSA) is 67.9 Å². The van der Waals surface area contributed by atoms with Crippen LogP contribution in [0.25, 0.3) is 0 Å². The molecule has 1 aliphatic rings. The monoisotopic (exact) mass is 436 g/mol. The van der Waals surface area contributed by atoms with E-state index in [4.69, 9.17) is 9.47 Å². The number of aryl methyl sites for hydroxylation is 1. The van der Waals surface area contributed by atoms with Crippen molar-refractivity contribution < 1.29 is 32.2 Å². The van der Waals surface area contributed by atoms with Crippen LogP contribution >= 0.6 is 0 Å². The number of anilines is 2. The van der Waals surface area contributed by atoms with Gasteiger partial charge in [0.2, 0.25) is 0 Å². The first-order valence-electron chi connectivity index (χ1n) is 9.83. The van der Waals surface area contributed by atoms with Gasteiger partial charge < -0.3 is 19.7 Å². The van der Waals surface area contributed by atoms with Crippen LogP contribution in [0.1, 0.15) is 24.0 Å². The van der Waals surface area contributed by atoms with Crippen molar-refractivity contribution in [2.75, 3.05) is 36.5 Å². The van der Waals surface area contributed by atoms with Gasteiger partial charge in [-0.25, -0.2) is 4.79 Å². The van der Waals surface area contributed by atoms with Gasteiger partial charge in [0.15, 0.2) is 13.2 Å². The maximum atomic E-state index is 12.7. The van der Waals surface area contributed by atoms with E-state index in [1.54, 1.807) is 6.07 Å². The number of halogens is 3. The minimum Gasteiger partial charge on any atom is -0.482 e. The Hall–Kier alpha value is -3.23. The number of benzene rings is 2. The molecule has 0 bridgehead atoms. The van der Waals surface area contributed by atoms with Crippen molar-refractivity contribution in [3.05, 3.63) is 53.6 Å². The Balaban J connectivity index is 1.45. The first kappa shape index (κ1) is 22.5. The standard InChI is InChI=1S/C22H23F3N2O4/c1-15-11-17(27-9-2-3-10-27)7-8-19(15)26-20(28)13-31-21(29)14-30-18-6-4-5-16(12-18)22(23,24)25/h4-8,11-12H,2-3,9-10,13-14H2,1H3,(H,26,28). The number of rotatable bonds is 7. The number of nitrogens with zero attached hydrogens (tertiary/aromatic N) is 1. The zero-order valence-corrected chi connectivity index (χ0v) is 17.0. The Morgan fingerprint density at radius 1 is 1.06 bits per heavy atom. The van der Waals surface area contributed by atoms with Gasteiger partial charge in [-0.2, -0.15) is 13.2 Å². The summed E-state index contributed by atoms with van der Waals surface area (Å²) in [4.78, 5) is 26.1. The molecule has 1 heterocycles. The summed E-state index contributed by atoms with van der Waals surface area (Å²) >= 11 is 0. The van der Waals surface area contributed by atoms with E-state index in [0.717, 1.165) is 36.5 Å². The Morgan fingerprint density at radius 2 is 1.81 bits per heavy atom. The zero-order chi connectivity index (χ0) is 22.4. The van der Waals surface area contributed by atoms with Crippen LogP contribution < -0.4 is 15.0 Å². The van der Waals surface area contributed by atoms with Crippen molar-refractivity contribution in [3.8, 4) is 5.75 Å². The molecule has 3 rings (SSSR count). The van der Waals surface area contributed by atoms with Crippen LogP contribution in [0.2, 0.25) is 0 Å². The van der Waals surface area contributed by atoms with E-state index in [2.05, 4.69) is 10.2 Å². The molecule has 166 valence electrons. The van der Waals surface area contributed by atoms with E-state index in [9.17, 15) is 22.8 Å². The molecule has 0 saturated carbocycles. The van der Waals surface area contributed by atoms with Crippen LogP contribution in [0, 0.1) is 6.92 Å². The van der Waals surface area contributed by atoms with E-state index in [0.29, 0.717) is 5.69 Å². The second-order valence-corrected chi connectivity index (χ2v) is 7.22. The zero-order valence-electron chi connectivity index (χ0n) is 17.0. The minimum atomic E-state index is -4.51. The highest BCUT2D eigenvalue weighted by molar-refractivity contribution is 5.93. The molecule has 1 N–H and O–H groups in total. The van der Waals surface area contributed by atoms with Gasteiger partial charge in [0.25, 0.3) is 5.91 Å². The van der Waals surface area contributed by atoms with Gasteiger partial charge >= 0.3 is 12.1 Å². The van der Waals surface area contributed by atoms with Crippen molar-refractivity contribution in [1.29, 1.82) is 0 Å². The molecule has 0 aliphatic carbocycles. The normalized spacial score (nSPS) is 13.7. The van der Waals surface area contributed by atoms with Gasteiger partial charge in [-0.1, -0.05) is 6.07 Å². The van der Waals surface area contributed by atoms with Crippen LogP contribution in [0.5, 0.6) is 5.75 Å². The SMILES string of the molecule is Cc1cc(N2CCCC2)ccc1NC(=O)COC(=O)COc1cccc(C(F)(F)F)c1. The lowest BCUT2D eigenvalue weighted by atomic mass is 10.1. The summed E-state index contributed by atoms with van der Waals surface area (Å²) in [5.41, 5.74) is 1.72. The molecule has 1 saturated heterocycles. The molecule has 2 aromatic rings. The highest BCUT2D eigenvalue weighted by atomic mass is 19.4. The molecule has 0 unspecified atom stereocenters. The first-order valence-corrected chi connectivity index (χ1v) is 9.83. The number of esters is 1. The molecule has 2 aromatic carbocycles. The molecular weight excluding hydrogens is 413 g/mol. The summed E-state index contributed by atoms with van der Waals surface area (Å²) in [6.07, 6.45) is -2.18. The summed E-state index contributed by atoms with van der Waals surface area (Å²) in [5, 5.41) is 2.68. The molecule has 1 amide bonds. The lowest BCUT2D eigenvalue weighted by Crippen LogP contribution is -2.24. The van der Waals surface area contributed by atoms with E-state index in [-0.39, 0.29) is 5.75 Å². The maximum Gasteiger partial charge on any atom is 0.416 e. The lowest BCUT2D eigenvalue weighted by Gasteiger charge is -2.19. The second-order valence-electron chi connectivity index (χ2n) is 7.22. The Kier molecular flexibility index (Phi) is 7.04. The smallest absolute Gasteiger partial charge is 0.416 e. The number of ether oxygens (including phenoxy) is 2. The fraction of sp³-hybridized carbons (Fsp3) is 0.364. The molecule has 6 nitrogen and oxygen atoms in total. The third kappa shape index (κ3) is 6.37. The van der Waals surface area contributed by atoms with Crippen LogP contribution in [0.3, 0.4) is 0 Å². The molecule has 1 aliphatic heterocycles. The number of carbonyl (C=O) groups excluding carboxylic acids is 2. The van der Waals surface area contributed by atoms with E-state index < -0.39 is 36.8 Å². The van der Waals surface area contributed by atoms with Crippen molar-refractivity contribution in [3.63, 3.8) is 0 Å². The van der Waals surface area contributed by atoms with Crippen LogP contribution in [0.4, 0.5) is 24.5 Å². The van der Waals surface area contributed by atoms with E-state index >= 15 is 0 Å². The number of nitrogens with one attached hydrogen (secondary N) is 1. The largest absolute Gasteiger partial charge is 0.482 e. The minimum absolute atomic E-state index is 0.120. The fourth-order valence-corrected chi connectivity index (χ4v) is 3.24. The molecule has 0 spiro atoms. The molecule has 1 fully saturated rings. The second kappa shape index (κ2) is 9.72. The highest BCUT2D eigenvalue weighted by Crippen LogP contribution is 2.31. The fourth-order valence-electron chi connectivity index (χ4n) is 3.24. The van der Waals surface area contributed by atoms with E-state index in [1.807, 2.05) is 19.1 Å². The molecule has 0 radical (unpaired) electrons. The first-order chi connectivity index (χ1) is 14.7. The number of alkyl halides is 3. The number of carbonyl (C=O) groups is 2. The predicted molar refractivity (Wildman–Crippen MR) is 109 cm³/mol. The molecule has 0 atom stereocenters. The summed E-state index contributed by atoms with van der Waals surface area (Å²) in [6, 6.07) is 9.89. The lowest BCUT2D eigenvalue weighted by molar-refractivity contribution is -0.149. The van der Waals surface area contributed by atoms with Crippen LogP contribution in [0.15, 0.2) is 42.5 Å². The van der Waals surface area contributed by atoms with Crippen molar-refractivity contribution in [2.24, 2.45) is 0 Å². The average Bonchev–Trinajstić information content (AvgIpc) is 3.27. The summed E-state index contributed by atoms with van der Waals surface area (Å²) in [6.45, 7) is 2.77. The van der Waals surface area contributed by atoms with Crippen molar-refractivity contribution in [2.45, 2.75) is 25.9 Å². The molecule has 31 heavy (non-hydrogen) atoms. The molecular formula is C22H23F3N2O4. The van der Waals surface area contributed by atoms with Crippen LogP contribution in [-0.2, 0) is 20.5 Å². The Morgan fingerprint density at radius 3 is 2.48 bits per heavy atom. The number of hydrogen-bond acceptors (Lipinski definition) is 5. The molecule has 0 aromatic heterocycles. The maximum absolute atomic E-state index is 12.7. The van der Waals surface area contributed by atoms with Crippen molar-refractivity contribution in [1.82, 2.24) is 0 Å². The third-order valence-electron chi connectivity index (χ3n) is 4.84. The van der Waals surface area contributed by atoms with Gasteiger partial charge in [0.05, 0.1) is 5.56 Å². The Labute approximate surface area is 177 Å². The number of amides is 1. The van der Waals surface area contributed by atoms with Gasteiger partial charge in [-0.15, -0.1) is 0 Å². The number of hydrogen-bond donors (Lipinski definition) is 1. The van der Waals surface area contributed by atoms with Gasteiger partial charge in [-0.3, -0.25) is 4.79 Å². The summed E-state index contributed by atoms with van der Waals surface area (Å²) in [7, 11) is 0. The van der Waals surface area contributed by atoms with Gasteiger partial charge in [0.1, 0.15) is 5.75 Å². The summed E-state index contributed by atoms with van der Waals surface area (Å²) in [5.74, 6) is -1.51. The highest BCUT2D eigenvalue weighted by Gasteiger charge is 2.30. The quantitative estimate of drug-likeness (QED) is 0.660. The van der Waals surface area contributed by atoms with Gasteiger partial charge in [0, 0.05) is 24.5 Å². The van der Waals surface area contributed by atoms with Crippen LogP contribution in [-0.4, -0.2) is 38.2 Å².